The lowest BCUT2D eigenvalue weighted by Gasteiger charge is -2.30. The van der Waals surface area contributed by atoms with Gasteiger partial charge in [-0.2, -0.15) is 0 Å². The van der Waals surface area contributed by atoms with Gasteiger partial charge < -0.3 is 10.2 Å². The summed E-state index contributed by atoms with van der Waals surface area (Å²) in [7, 11) is 0. The van der Waals surface area contributed by atoms with Crippen LogP contribution >= 0.6 is 11.3 Å². The summed E-state index contributed by atoms with van der Waals surface area (Å²) < 4.78 is 5.51. The second-order valence-electron chi connectivity index (χ2n) is 5.10. The van der Waals surface area contributed by atoms with Crippen molar-refractivity contribution in [3.63, 3.8) is 0 Å². The molecule has 106 valence electrons. The molecule has 0 aromatic carbocycles. The maximum Gasteiger partial charge on any atom is 0.236 e. The predicted octanol–water partition coefficient (Wildman–Crippen LogP) is 2.10. The molecule has 1 aliphatic heterocycles. The predicted molar refractivity (Wildman–Crippen MR) is 77.0 cm³/mol. The highest BCUT2D eigenvalue weighted by Gasteiger charge is 2.24. The van der Waals surface area contributed by atoms with Crippen LogP contribution in [0.1, 0.15) is 18.5 Å². The van der Waals surface area contributed by atoms with Gasteiger partial charge in [-0.3, -0.25) is 9.69 Å². The highest BCUT2D eigenvalue weighted by atomic mass is 32.1. The second kappa shape index (κ2) is 5.76. The molecular formula is C14H17N3O2S. The molecule has 1 aliphatic rings. The van der Waals surface area contributed by atoms with E-state index in [2.05, 4.69) is 9.88 Å². The van der Waals surface area contributed by atoms with Crippen LogP contribution in [0.25, 0.3) is 10.8 Å². The minimum Gasteiger partial charge on any atom is -0.444 e. The van der Waals surface area contributed by atoms with Gasteiger partial charge in [-0.15, -0.1) is 11.3 Å². The van der Waals surface area contributed by atoms with Gasteiger partial charge in [0.05, 0.1) is 16.5 Å². The fourth-order valence-electron chi connectivity index (χ4n) is 2.55. The molecule has 2 aromatic heterocycles. The summed E-state index contributed by atoms with van der Waals surface area (Å²) in [5.74, 6) is 0.431. The monoisotopic (exact) mass is 291 g/mol. The molecule has 0 spiro atoms. The first-order valence-corrected chi connectivity index (χ1v) is 7.60. The van der Waals surface area contributed by atoms with Crippen LogP contribution in [-0.4, -0.2) is 28.9 Å². The summed E-state index contributed by atoms with van der Waals surface area (Å²) in [4.78, 5) is 19.0. The fourth-order valence-corrected chi connectivity index (χ4v) is 3.21. The van der Waals surface area contributed by atoms with E-state index in [-0.39, 0.29) is 11.8 Å². The smallest absolute Gasteiger partial charge is 0.236 e. The Morgan fingerprint density at radius 3 is 3.25 bits per heavy atom. The molecular weight excluding hydrogens is 274 g/mol. The van der Waals surface area contributed by atoms with Crippen molar-refractivity contribution in [3.05, 3.63) is 29.5 Å². The summed E-state index contributed by atoms with van der Waals surface area (Å²) in [5, 5.41) is 2.00. The number of primary amides is 1. The van der Waals surface area contributed by atoms with Crippen molar-refractivity contribution < 1.29 is 9.21 Å². The molecule has 1 atom stereocenters. The topological polar surface area (TPSA) is 72.4 Å². The Bertz CT molecular complexity index is 579. The van der Waals surface area contributed by atoms with E-state index in [9.17, 15) is 4.79 Å². The van der Waals surface area contributed by atoms with Crippen molar-refractivity contribution in [3.8, 4) is 10.8 Å². The lowest BCUT2D eigenvalue weighted by atomic mass is 9.97. The number of rotatable bonds is 4. The largest absolute Gasteiger partial charge is 0.444 e. The third-order valence-electron chi connectivity index (χ3n) is 3.58. The number of piperidine rings is 1. The summed E-state index contributed by atoms with van der Waals surface area (Å²) in [6.45, 7) is 2.40. The van der Waals surface area contributed by atoms with Crippen LogP contribution in [0.2, 0.25) is 0 Å². The first-order valence-electron chi connectivity index (χ1n) is 6.72. The van der Waals surface area contributed by atoms with Gasteiger partial charge in [-0.1, -0.05) is 6.07 Å². The van der Waals surface area contributed by atoms with E-state index in [0.717, 1.165) is 36.5 Å². The van der Waals surface area contributed by atoms with Gasteiger partial charge in [0.2, 0.25) is 11.8 Å². The number of aromatic nitrogens is 1. The Morgan fingerprint density at radius 2 is 2.50 bits per heavy atom. The quantitative estimate of drug-likeness (QED) is 0.936. The van der Waals surface area contributed by atoms with Crippen molar-refractivity contribution in [2.45, 2.75) is 19.4 Å². The molecule has 20 heavy (non-hydrogen) atoms. The molecule has 0 saturated carbocycles. The lowest BCUT2D eigenvalue weighted by molar-refractivity contribution is -0.123. The zero-order valence-electron chi connectivity index (χ0n) is 11.1. The van der Waals surface area contributed by atoms with Crippen LogP contribution in [0.3, 0.4) is 0 Å². The van der Waals surface area contributed by atoms with E-state index in [1.165, 1.54) is 0 Å². The number of thiophene rings is 1. The van der Waals surface area contributed by atoms with Crippen LogP contribution in [0.4, 0.5) is 0 Å². The summed E-state index contributed by atoms with van der Waals surface area (Å²) in [5.41, 5.74) is 6.29. The minimum absolute atomic E-state index is 0.0348. The van der Waals surface area contributed by atoms with Crippen molar-refractivity contribution in [2.75, 3.05) is 13.1 Å². The van der Waals surface area contributed by atoms with Gasteiger partial charge >= 0.3 is 0 Å². The van der Waals surface area contributed by atoms with Crippen LogP contribution in [-0.2, 0) is 11.3 Å². The third-order valence-corrected chi connectivity index (χ3v) is 4.44. The Kier molecular flexibility index (Phi) is 3.84. The van der Waals surface area contributed by atoms with Crippen LogP contribution in [0.5, 0.6) is 0 Å². The van der Waals surface area contributed by atoms with E-state index in [1.54, 1.807) is 17.6 Å². The Balaban J connectivity index is 1.64. The Labute approximate surface area is 121 Å². The van der Waals surface area contributed by atoms with Gasteiger partial charge in [0.1, 0.15) is 6.26 Å². The van der Waals surface area contributed by atoms with E-state index >= 15 is 0 Å². The van der Waals surface area contributed by atoms with Gasteiger partial charge in [-0.25, -0.2) is 4.98 Å². The number of nitrogens with two attached hydrogens (primary N) is 1. The second-order valence-corrected chi connectivity index (χ2v) is 6.05. The molecule has 0 radical (unpaired) electrons. The number of carbonyl (C=O) groups excluding carboxylic acids is 1. The van der Waals surface area contributed by atoms with Gasteiger partial charge in [0, 0.05) is 13.1 Å². The molecule has 1 fully saturated rings. The van der Waals surface area contributed by atoms with Crippen molar-refractivity contribution in [1.29, 1.82) is 0 Å². The van der Waals surface area contributed by atoms with Crippen LogP contribution < -0.4 is 5.73 Å². The number of amides is 1. The van der Waals surface area contributed by atoms with E-state index < -0.39 is 0 Å². The lowest BCUT2D eigenvalue weighted by Crippen LogP contribution is -2.40. The molecule has 0 bridgehead atoms. The maximum atomic E-state index is 11.3. The Hall–Kier alpha value is -1.66. The molecule has 1 saturated heterocycles. The average Bonchev–Trinajstić information content (AvgIpc) is 3.09. The van der Waals surface area contributed by atoms with Crippen molar-refractivity contribution in [1.82, 2.24) is 9.88 Å². The first-order chi connectivity index (χ1) is 9.72. The van der Waals surface area contributed by atoms with Crippen LogP contribution in [0.15, 0.2) is 28.2 Å². The van der Waals surface area contributed by atoms with Gasteiger partial charge in [-0.05, 0) is 30.8 Å². The SMILES string of the molecule is NC(=O)[C@H]1CCCN(Cc2coc(-c3cccs3)n2)C1. The summed E-state index contributed by atoms with van der Waals surface area (Å²) >= 11 is 1.61. The Morgan fingerprint density at radius 1 is 1.60 bits per heavy atom. The van der Waals surface area contributed by atoms with Crippen molar-refractivity contribution >= 4 is 17.2 Å². The number of hydrogen-bond donors (Lipinski definition) is 1. The number of hydrogen-bond acceptors (Lipinski definition) is 5. The normalized spacial score (nSPS) is 20.1. The summed E-state index contributed by atoms with van der Waals surface area (Å²) in [6, 6.07) is 3.97. The number of carbonyl (C=O) groups is 1. The molecule has 1 amide bonds. The van der Waals surface area contributed by atoms with Crippen LogP contribution in [0, 0.1) is 5.92 Å². The molecule has 2 N–H and O–H groups in total. The van der Waals surface area contributed by atoms with Crippen molar-refractivity contribution in [2.24, 2.45) is 11.7 Å². The zero-order chi connectivity index (χ0) is 13.9. The number of likely N-dealkylation sites (tertiary alicyclic amines) is 1. The molecule has 3 heterocycles. The third kappa shape index (κ3) is 2.91. The van der Waals surface area contributed by atoms with E-state index in [4.69, 9.17) is 10.2 Å². The number of oxazole rings is 1. The van der Waals surface area contributed by atoms with E-state index in [1.807, 2.05) is 17.5 Å². The highest BCUT2D eigenvalue weighted by molar-refractivity contribution is 7.13. The van der Waals surface area contributed by atoms with Gasteiger partial charge in [0.25, 0.3) is 0 Å². The maximum absolute atomic E-state index is 11.3. The molecule has 5 nitrogen and oxygen atoms in total. The van der Waals surface area contributed by atoms with E-state index in [0.29, 0.717) is 12.4 Å². The molecule has 0 unspecified atom stereocenters. The zero-order valence-corrected chi connectivity index (χ0v) is 11.9. The highest BCUT2D eigenvalue weighted by Crippen LogP contribution is 2.24. The van der Waals surface area contributed by atoms with Gasteiger partial charge in [0.15, 0.2) is 0 Å². The molecule has 6 heteroatoms. The molecule has 3 rings (SSSR count). The molecule has 2 aromatic rings. The standard InChI is InChI=1S/C14H17N3O2S/c15-13(18)10-3-1-5-17(7-10)8-11-9-19-14(16-11)12-4-2-6-20-12/h2,4,6,9-10H,1,3,5,7-8H2,(H2,15,18)/t10-/m0/s1. The fraction of sp³-hybridized carbons (Fsp3) is 0.429. The minimum atomic E-state index is -0.200. The molecule has 0 aliphatic carbocycles. The number of nitrogens with zero attached hydrogens (tertiary/aromatic N) is 2. The average molecular weight is 291 g/mol. The summed E-state index contributed by atoms with van der Waals surface area (Å²) in [6.07, 6.45) is 3.59. The first kappa shape index (κ1) is 13.3.